The zero-order valence-corrected chi connectivity index (χ0v) is 6.99. The molecule has 11 heavy (non-hydrogen) atoms. The van der Waals surface area contributed by atoms with Crippen molar-refractivity contribution < 1.29 is 44.9 Å². The van der Waals surface area contributed by atoms with Crippen LogP contribution in [0.3, 0.4) is 0 Å². The van der Waals surface area contributed by atoms with Crippen LogP contribution in [0.4, 0.5) is 7.77 Å². The number of hydrogen-bond donors (Lipinski definition) is 2. The van der Waals surface area contributed by atoms with E-state index in [-0.39, 0.29) is 20.3 Å². The van der Waals surface area contributed by atoms with Crippen molar-refractivity contribution in [3.63, 3.8) is 0 Å². The fraction of sp³-hybridized carbons (Fsp3) is 0. The van der Waals surface area contributed by atoms with E-state index in [4.69, 9.17) is 16.8 Å². The molecule has 0 radical (unpaired) electrons. The van der Waals surface area contributed by atoms with E-state index in [2.05, 4.69) is 10.3 Å². The Morgan fingerprint density at radius 1 is 0.909 bits per heavy atom. The van der Waals surface area contributed by atoms with Gasteiger partial charge in [0.05, 0.1) is 0 Å². The zero-order chi connectivity index (χ0) is 9.00. The molecule has 0 saturated heterocycles. The van der Waals surface area contributed by atoms with Gasteiger partial charge in [-0.15, -0.1) is 0 Å². The Kier molecular flexibility index (Phi) is 9.28. The first-order valence-electron chi connectivity index (χ1n) is 1.45. The van der Waals surface area contributed by atoms with Gasteiger partial charge in [-0.25, -0.2) is 10.3 Å². The van der Waals surface area contributed by atoms with Crippen LogP contribution in [0.25, 0.3) is 0 Å². The van der Waals surface area contributed by atoms with Gasteiger partial charge in [-0.1, -0.05) is 7.77 Å². The summed E-state index contributed by atoms with van der Waals surface area (Å²) in [5.74, 6) is 0. The molecule has 0 aliphatic carbocycles. The van der Waals surface area contributed by atoms with Crippen LogP contribution in [-0.4, -0.2) is 16.8 Å². The number of nitrogens with two attached hydrogens (primary N) is 2. The third-order valence-corrected chi connectivity index (χ3v) is 0. The van der Waals surface area contributed by atoms with Crippen LogP contribution in [0.15, 0.2) is 0 Å². The van der Waals surface area contributed by atoms with Gasteiger partial charge in [-0.3, -0.25) is 0 Å². The second-order valence-corrected chi connectivity index (χ2v) is 2.85. The van der Waals surface area contributed by atoms with Gasteiger partial charge in [0.1, 0.15) is 0 Å². The van der Waals surface area contributed by atoms with E-state index in [9.17, 15) is 7.77 Å². The molecule has 11 heteroatoms. The molecule has 0 aromatic carbocycles. The van der Waals surface area contributed by atoms with Crippen LogP contribution in [0.1, 0.15) is 1.43 Å². The molecule has 6 nitrogen and oxygen atoms in total. The Labute approximate surface area is 76.3 Å². The van der Waals surface area contributed by atoms with Crippen molar-refractivity contribution in [2.24, 2.45) is 10.3 Å². The Bertz CT molecular complexity index is 225. The summed E-state index contributed by atoms with van der Waals surface area (Å²) in [5, 5.41) is 7.32. The molecule has 0 aromatic rings. The van der Waals surface area contributed by atoms with Crippen molar-refractivity contribution in [1.29, 1.82) is 0 Å². The van der Waals surface area contributed by atoms with Crippen molar-refractivity contribution in [3.8, 4) is 0 Å². The SMILES string of the molecule is NS(=O)(=O)F.NS(=O)(=O)F.[H-].[Li+]. The number of halogens is 2. The molecule has 0 spiro atoms. The minimum Gasteiger partial charge on any atom is -1.00 e. The molecule has 0 unspecified atom stereocenters. The summed E-state index contributed by atoms with van der Waals surface area (Å²) in [6, 6.07) is 0. The molecule has 0 atom stereocenters. The molecule has 0 aromatic heterocycles. The van der Waals surface area contributed by atoms with Gasteiger partial charge in [0.25, 0.3) is 0 Å². The Morgan fingerprint density at radius 3 is 0.909 bits per heavy atom. The normalized spacial score (nSPS) is 10.5. The molecular weight excluding hydrogens is 201 g/mol. The Morgan fingerprint density at radius 2 is 0.909 bits per heavy atom. The smallest absolute Gasteiger partial charge is 1.00 e. The van der Waals surface area contributed by atoms with Crippen molar-refractivity contribution in [2.75, 3.05) is 0 Å². The van der Waals surface area contributed by atoms with Gasteiger partial charge < -0.3 is 1.43 Å². The standard InChI is InChI=1S/2FH2NO2S.Li.H/c2*1-5(2,3)4;;/h2*(H2,2,3,4);;/q;;+1;-1. The predicted molar refractivity (Wildman–Crippen MR) is 29.5 cm³/mol. The molecule has 0 rings (SSSR count). The molecule has 66 valence electrons. The molecule has 0 heterocycles. The van der Waals surface area contributed by atoms with Gasteiger partial charge in [-0.05, 0) is 0 Å². The molecule has 0 amide bonds. The second-order valence-electron chi connectivity index (χ2n) is 0.951. The maximum atomic E-state index is 10.4. The van der Waals surface area contributed by atoms with Crippen LogP contribution < -0.4 is 29.1 Å². The van der Waals surface area contributed by atoms with Crippen LogP contribution >= 0.6 is 0 Å². The van der Waals surface area contributed by atoms with Crippen molar-refractivity contribution >= 4 is 20.8 Å². The maximum Gasteiger partial charge on any atom is 1.00 e. The van der Waals surface area contributed by atoms with E-state index in [1.807, 2.05) is 0 Å². The van der Waals surface area contributed by atoms with E-state index in [1.54, 1.807) is 0 Å². The van der Waals surface area contributed by atoms with Crippen LogP contribution in [0.2, 0.25) is 0 Å². The quantitative estimate of drug-likeness (QED) is 0.306. The van der Waals surface area contributed by atoms with Crippen LogP contribution in [-0.2, 0) is 20.8 Å². The number of hydrogen-bond acceptors (Lipinski definition) is 4. The summed E-state index contributed by atoms with van der Waals surface area (Å²) < 4.78 is 55.8. The predicted octanol–water partition coefficient (Wildman–Crippen LogP) is -4.56. The summed E-state index contributed by atoms with van der Waals surface area (Å²) >= 11 is 0. The van der Waals surface area contributed by atoms with E-state index >= 15 is 0 Å². The average Bonchev–Trinajstić information content (AvgIpc) is 1.12. The third-order valence-electron chi connectivity index (χ3n) is 0. The molecule has 0 aliphatic heterocycles. The molecule has 0 fully saturated rings. The fourth-order valence-corrected chi connectivity index (χ4v) is 0. The van der Waals surface area contributed by atoms with Gasteiger partial charge in [0.2, 0.25) is 0 Å². The maximum absolute atomic E-state index is 10.4. The van der Waals surface area contributed by atoms with Gasteiger partial charge in [0, 0.05) is 0 Å². The van der Waals surface area contributed by atoms with Crippen molar-refractivity contribution in [3.05, 3.63) is 0 Å². The molecule has 4 N–H and O–H groups in total. The average molecular weight is 206 g/mol. The third kappa shape index (κ3) is 9150. The van der Waals surface area contributed by atoms with Crippen LogP contribution in [0.5, 0.6) is 0 Å². The first kappa shape index (κ1) is 17.4. The van der Waals surface area contributed by atoms with Crippen molar-refractivity contribution in [1.82, 2.24) is 0 Å². The van der Waals surface area contributed by atoms with E-state index in [0.29, 0.717) is 0 Å². The Hall–Kier alpha value is 0.277. The summed E-state index contributed by atoms with van der Waals surface area (Å²) in [7, 11) is -9.33. The first-order chi connectivity index (χ1) is 4.00. The largest absolute Gasteiger partial charge is 1.00 e. The topological polar surface area (TPSA) is 120 Å². The summed E-state index contributed by atoms with van der Waals surface area (Å²) in [4.78, 5) is 0. The van der Waals surface area contributed by atoms with Gasteiger partial charge in [0.15, 0.2) is 0 Å². The molecule has 0 saturated carbocycles. The van der Waals surface area contributed by atoms with E-state index in [0.717, 1.165) is 0 Å². The van der Waals surface area contributed by atoms with E-state index < -0.39 is 20.8 Å². The molecule has 0 bridgehead atoms. The Balaban J connectivity index is -0.0000000457. The summed E-state index contributed by atoms with van der Waals surface area (Å²) in [6.45, 7) is 0. The zero-order valence-electron chi connectivity index (χ0n) is 6.36. The van der Waals surface area contributed by atoms with E-state index in [1.165, 1.54) is 0 Å². The molecule has 0 aliphatic rings. The monoisotopic (exact) mass is 206 g/mol. The molecular formula is H5F2LiN2O4S2. The van der Waals surface area contributed by atoms with Gasteiger partial charge >= 0.3 is 39.7 Å². The minimum absolute atomic E-state index is 0. The van der Waals surface area contributed by atoms with Crippen LogP contribution in [0, 0.1) is 0 Å². The first-order valence-corrected chi connectivity index (χ1v) is 4.34. The van der Waals surface area contributed by atoms with Gasteiger partial charge in [-0.2, -0.15) is 16.8 Å². The van der Waals surface area contributed by atoms with Crippen molar-refractivity contribution in [2.45, 2.75) is 0 Å². The fourth-order valence-electron chi connectivity index (χ4n) is 0. The number of rotatable bonds is 0. The summed E-state index contributed by atoms with van der Waals surface area (Å²) in [6.07, 6.45) is 0. The minimum atomic E-state index is -4.67. The second kappa shape index (κ2) is 5.87. The summed E-state index contributed by atoms with van der Waals surface area (Å²) in [5.41, 5.74) is 0.